The van der Waals surface area contributed by atoms with E-state index in [4.69, 9.17) is 9.84 Å². The third-order valence-corrected chi connectivity index (χ3v) is 5.69. The Labute approximate surface area is 139 Å². The van der Waals surface area contributed by atoms with Crippen molar-refractivity contribution in [1.29, 1.82) is 0 Å². The van der Waals surface area contributed by atoms with Crippen molar-refractivity contribution < 1.29 is 18.8 Å². The Hall–Kier alpha value is -2.12. The largest absolute Gasteiger partial charge is 0.497 e. The first kappa shape index (κ1) is 15.8. The molecule has 1 N–H and O–H groups in total. The number of rotatable bonds is 6. The Morgan fingerprint density at radius 2 is 2.22 bits per heavy atom. The second-order valence-electron chi connectivity index (χ2n) is 4.97. The molecule has 3 aromatic rings. The van der Waals surface area contributed by atoms with Gasteiger partial charge in [-0.05, 0) is 41.6 Å². The normalized spacial score (nSPS) is 12.4. The minimum absolute atomic E-state index is 0.0292. The number of aromatic nitrogens is 1. The standard InChI is InChI=1S/C16H15NO4S2/c1-21-12-3-4-15-14(8-12)11(2-5-16(18)19)9-17(15)23(20)13-6-7-22-10-13/h3-4,6-10H,2,5H2,1H3,(H,18,19). The van der Waals surface area contributed by atoms with Gasteiger partial charge in [0.15, 0.2) is 11.0 Å². The second-order valence-corrected chi connectivity index (χ2v) is 7.11. The SMILES string of the molecule is COc1ccc2c(c1)c(CCC(=O)O)cn2S(=O)c1ccsc1. The highest BCUT2D eigenvalue weighted by molar-refractivity contribution is 7.83. The number of benzene rings is 1. The van der Waals surface area contributed by atoms with E-state index < -0.39 is 17.0 Å². The molecule has 0 spiro atoms. The minimum Gasteiger partial charge on any atom is -0.497 e. The molecule has 2 aromatic heterocycles. The van der Waals surface area contributed by atoms with Crippen molar-refractivity contribution in [1.82, 2.24) is 3.97 Å². The summed E-state index contributed by atoms with van der Waals surface area (Å²) >= 11 is 1.49. The molecule has 1 atom stereocenters. The average molecular weight is 349 g/mol. The van der Waals surface area contributed by atoms with Gasteiger partial charge in [0.2, 0.25) is 0 Å². The van der Waals surface area contributed by atoms with Crippen molar-refractivity contribution in [3.63, 3.8) is 0 Å². The highest BCUT2D eigenvalue weighted by Gasteiger charge is 2.16. The monoisotopic (exact) mass is 349 g/mol. The summed E-state index contributed by atoms with van der Waals surface area (Å²) in [6.07, 6.45) is 2.19. The van der Waals surface area contributed by atoms with Gasteiger partial charge in [-0.15, -0.1) is 0 Å². The zero-order chi connectivity index (χ0) is 16.4. The summed E-state index contributed by atoms with van der Waals surface area (Å²) in [7, 11) is 0.229. The molecule has 0 saturated heterocycles. The van der Waals surface area contributed by atoms with Crippen molar-refractivity contribution in [3.05, 3.63) is 46.8 Å². The summed E-state index contributed by atoms with van der Waals surface area (Å²) in [5.74, 6) is -0.166. The molecule has 0 bridgehead atoms. The number of carbonyl (C=O) groups is 1. The first-order chi connectivity index (χ1) is 11.1. The number of nitrogens with zero attached hydrogens (tertiary/aromatic N) is 1. The Balaban J connectivity index is 2.10. The van der Waals surface area contributed by atoms with E-state index in [2.05, 4.69) is 0 Å². The van der Waals surface area contributed by atoms with Crippen LogP contribution in [-0.2, 0) is 22.2 Å². The fraction of sp³-hybridized carbons (Fsp3) is 0.188. The van der Waals surface area contributed by atoms with Crippen LogP contribution in [0.25, 0.3) is 10.9 Å². The molecule has 1 unspecified atom stereocenters. The van der Waals surface area contributed by atoms with E-state index in [9.17, 15) is 9.00 Å². The molecule has 0 aliphatic heterocycles. The van der Waals surface area contributed by atoms with Crippen LogP contribution in [0.3, 0.4) is 0 Å². The molecule has 5 nitrogen and oxygen atoms in total. The lowest BCUT2D eigenvalue weighted by Crippen LogP contribution is -2.02. The van der Waals surface area contributed by atoms with Gasteiger partial charge in [0.1, 0.15) is 5.75 Å². The van der Waals surface area contributed by atoms with Crippen LogP contribution in [0.2, 0.25) is 0 Å². The third kappa shape index (κ3) is 3.16. The molecule has 1 aromatic carbocycles. The first-order valence-corrected chi connectivity index (χ1v) is 8.99. The molecule has 7 heteroatoms. The summed E-state index contributed by atoms with van der Waals surface area (Å²) in [5, 5.41) is 13.5. The zero-order valence-corrected chi connectivity index (χ0v) is 14.0. The van der Waals surface area contributed by atoms with E-state index in [1.54, 1.807) is 17.3 Å². The Morgan fingerprint density at radius 1 is 1.39 bits per heavy atom. The fourth-order valence-corrected chi connectivity index (χ4v) is 4.49. The van der Waals surface area contributed by atoms with Gasteiger partial charge in [-0.1, -0.05) is 0 Å². The summed E-state index contributed by atoms with van der Waals surface area (Å²) in [4.78, 5) is 11.6. The lowest BCUT2D eigenvalue weighted by molar-refractivity contribution is -0.136. The van der Waals surface area contributed by atoms with Crippen LogP contribution in [-0.4, -0.2) is 26.4 Å². The van der Waals surface area contributed by atoms with Crippen LogP contribution < -0.4 is 4.74 Å². The van der Waals surface area contributed by atoms with Gasteiger partial charge < -0.3 is 9.84 Å². The summed E-state index contributed by atoms with van der Waals surface area (Å²) < 4.78 is 19.7. The van der Waals surface area contributed by atoms with Crippen molar-refractivity contribution in [2.24, 2.45) is 0 Å². The predicted octanol–water partition coefficient (Wildman–Crippen LogP) is 3.30. The van der Waals surface area contributed by atoms with Gasteiger partial charge in [-0.3, -0.25) is 8.77 Å². The van der Waals surface area contributed by atoms with Crippen LogP contribution >= 0.6 is 11.3 Å². The Kier molecular flexibility index (Phi) is 4.49. The highest BCUT2D eigenvalue weighted by atomic mass is 32.2. The summed E-state index contributed by atoms with van der Waals surface area (Å²) in [6.45, 7) is 0. The number of hydrogen-bond acceptors (Lipinski definition) is 4. The van der Waals surface area contributed by atoms with E-state index in [1.165, 1.54) is 11.3 Å². The molecule has 0 aliphatic rings. The van der Waals surface area contributed by atoms with Crippen molar-refractivity contribution >= 4 is 39.2 Å². The van der Waals surface area contributed by atoms with Crippen molar-refractivity contribution in [2.75, 3.05) is 7.11 Å². The second kappa shape index (κ2) is 6.55. The van der Waals surface area contributed by atoms with Gasteiger partial charge in [0.25, 0.3) is 0 Å². The molecule has 0 fully saturated rings. The first-order valence-electron chi connectivity index (χ1n) is 6.94. The quantitative estimate of drug-likeness (QED) is 0.741. The number of aryl methyl sites for hydroxylation is 1. The van der Waals surface area contributed by atoms with E-state index in [-0.39, 0.29) is 6.42 Å². The van der Waals surface area contributed by atoms with E-state index in [0.717, 1.165) is 21.4 Å². The number of hydrogen-bond donors (Lipinski definition) is 1. The van der Waals surface area contributed by atoms with E-state index in [0.29, 0.717) is 12.2 Å². The third-order valence-electron chi connectivity index (χ3n) is 3.54. The molecule has 2 heterocycles. The predicted molar refractivity (Wildman–Crippen MR) is 90.6 cm³/mol. The van der Waals surface area contributed by atoms with Crippen LogP contribution in [0.15, 0.2) is 46.1 Å². The van der Waals surface area contributed by atoms with Gasteiger partial charge in [0.05, 0.1) is 17.5 Å². The lowest BCUT2D eigenvalue weighted by atomic mass is 10.1. The smallest absolute Gasteiger partial charge is 0.303 e. The molecule has 0 radical (unpaired) electrons. The van der Waals surface area contributed by atoms with Crippen LogP contribution in [0, 0.1) is 0 Å². The van der Waals surface area contributed by atoms with E-state index >= 15 is 0 Å². The number of carboxylic acids is 1. The van der Waals surface area contributed by atoms with E-state index in [1.807, 2.05) is 35.0 Å². The van der Waals surface area contributed by atoms with Gasteiger partial charge in [0, 0.05) is 23.4 Å². The molecule has 0 aliphatic carbocycles. The highest BCUT2D eigenvalue weighted by Crippen LogP contribution is 2.29. The number of ether oxygens (including phenoxy) is 1. The molecule has 3 rings (SSSR count). The Bertz CT molecular complexity index is 868. The topological polar surface area (TPSA) is 68.5 Å². The van der Waals surface area contributed by atoms with Crippen LogP contribution in [0.5, 0.6) is 5.75 Å². The number of aliphatic carboxylic acids is 1. The molecule has 120 valence electrons. The van der Waals surface area contributed by atoms with Gasteiger partial charge >= 0.3 is 5.97 Å². The molecule has 0 saturated carbocycles. The molecular weight excluding hydrogens is 334 g/mol. The molecule has 23 heavy (non-hydrogen) atoms. The molecule has 0 amide bonds. The van der Waals surface area contributed by atoms with Crippen LogP contribution in [0.4, 0.5) is 0 Å². The lowest BCUT2D eigenvalue weighted by Gasteiger charge is -2.04. The fourth-order valence-electron chi connectivity index (χ4n) is 2.42. The minimum atomic E-state index is -1.35. The number of thiophene rings is 1. The number of methoxy groups -OCH3 is 1. The zero-order valence-electron chi connectivity index (χ0n) is 12.4. The maximum Gasteiger partial charge on any atom is 0.303 e. The average Bonchev–Trinajstić information content (AvgIpc) is 3.19. The number of carboxylic acid groups (broad SMARTS) is 1. The molecular formula is C16H15NO4S2. The number of fused-ring (bicyclic) bond motifs is 1. The van der Waals surface area contributed by atoms with Gasteiger partial charge in [-0.2, -0.15) is 11.3 Å². The van der Waals surface area contributed by atoms with Crippen LogP contribution in [0.1, 0.15) is 12.0 Å². The summed E-state index contributed by atoms with van der Waals surface area (Å²) in [6, 6.07) is 7.34. The summed E-state index contributed by atoms with van der Waals surface area (Å²) in [5.41, 5.74) is 1.65. The van der Waals surface area contributed by atoms with Gasteiger partial charge in [-0.25, -0.2) is 4.21 Å². The maximum absolute atomic E-state index is 12.8. The van der Waals surface area contributed by atoms with Crippen molar-refractivity contribution in [2.45, 2.75) is 17.7 Å². The van der Waals surface area contributed by atoms with Crippen molar-refractivity contribution in [3.8, 4) is 5.75 Å². The Morgan fingerprint density at radius 3 is 2.87 bits per heavy atom. The maximum atomic E-state index is 12.8.